The van der Waals surface area contributed by atoms with Gasteiger partial charge in [-0.25, -0.2) is 0 Å². The molecule has 0 amide bonds. The smallest absolute Gasteiger partial charge is 0.0445 e. The van der Waals surface area contributed by atoms with Crippen molar-refractivity contribution in [2.45, 2.75) is 32.4 Å². The number of benzene rings is 2. The molecule has 0 aliphatic carbocycles. The molecule has 0 aliphatic rings. The molecule has 0 aliphatic heterocycles. The summed E-state index contributed by atoms with van der Waals surface area (Å²) in [6.45, 7) is 4.52. The van der Waals surface area contributed by atoms with Crippen LogP contribution in [0.1, 0.15) is 31.9 Å². The van der Waals surface area contributed by atoms with Crippen LogP contribution < -0.4 is 5.32 Å². The van der Waals surface area contributed by atoms with E-state index in [1.54, 1.807) is 0 Å². The van der Waals surface area contributed by atoms with Gasteiger partial charge in [0.05, 0.1) is 0 Å². The molecule has 2 aromatic carbocycles. The van der Waals surface area contributed by atoms with Crippen LogP contribution in [0.25, 0.3) is 10.8 Å². The lowest BCUT2D eigenvalue weighted by Gasteiger charge is -2.21. The van der Waals surface area contributed by atoms with Crippen LogP contribution in [0.3, 0.4) is 0 Å². The fraction of sp³-hybridized carbons (Fsp3) is 0.375. The van der Waals surface area contributed by atoms with Crippen LogP contribution in [0.4, 0.5) is 0 Å². The molecule has 2 aromatic rings. The predicted octanol–water partition coefficient (Wildman–Crippen LogP) is 3.26. The highest BCUT2D eigenvalue weighted by molar-refractivity contribution is 5.86. The summed E-state index contributed by atoms with van der Waals surface area (Å²) in [4.78, 5) is 0. The summed E-state index contributed by atoms with van der Waals surface area (Å²) < 4.78 is 0. The standard InChI is InChI=1S/C16H21NO/c1-12(10-11-18)17-13(2)15-9-5-7-14-6-3-4-8-16(14)15/h3-9,12-13,17-18H,10-11H2,1-2H3. The van der Waals surface area contributed by atoms with Crippen molar-refractivity contribution in [2.75, 3.05) is 6.61 Å². The van der Waals surface area contributed by atoms with Gasteiger partial charge in [-0.2, -0.15) is 0 Å². The van der Waals surface area contributed by atoms with Crippen molar-refractivity contribution in [3.05, 3.63) is 48.0 Å². The first-order valence-electron chi connectivity index (χ1n) is 6.57. The lowest BCUT2D eigenvalue weighted by Crippen LogP contribution is -2.29. The normalized spacial score (nSPS) is 14.6. The molecule has 0 fully saturated rings. The van der Waals surface area contributed by atoms with Gasteiger partial charge in [0.2, 0.25) is 0 Å². The van der Waals surface area contributed by atoms with E-state index in [9.17, 15) is 0 Å². The summed E-state index contributed by atoms with van der Waals surface area (Å²) in [6, 6.07) is 15.5. The van der Waals surface area contributed by atoms with Crippen LogP contribution in [0.5, 0.6) is 0 Å². The van der Waals surface area contributed by atoms with Gasteiger partial charge in [-0.3, -0.25) is 0 Å². The molecular weight excluding hydrogens is 222 g/mol. The van der Waals surface area contributed by atoms with Crippen LogP contribution in [0.15, 0.2) is 42.5 Å². The highest BCUT2D eigenvalue weighted by Gasteiger charge is 2.11. The second-order valence-electron chi connectivity index (χ2n) is 4.87. The van der Waals surface area contributed by atoms with Crippen LogP contribution in [0, 0.1) is 0 Å². The summed E-state index contributed by atoms with van der Waals surface area (Å²) in [5, 5.41) is 15.1. The largest absolute Gasteiger partial charge is 0.396 e. The van der Waals surface area contributed by atoms with Crippen molar-refractivity contribution in [3.8, 4) is 0 Å². The van der Waals surface area contributed by atoms with Gasteiger partial charge < -0.3 is 10.4 Å². The minimum absolute atomic E-state index is 0.233. The SMILES string of the molecule is CC(CCO)NC(C)c1cccc2ccccc12. The van der Waals surface area contributed by atoms with Gasteiger partial charge in [0.15, 0.2) is 0 Å². The Bertz CT molecular complexity index is 504. The third-order valence-corrected chi connectivity index (χ3v) is 3.39. The zero-order valence-corrected chi connectivity index (χ0v) is 11.1. The Morgan fingerprint density at radius 1 is 1.06 bits per heavy atom. The molecule has 2 nitrogen and oxygen atoms in total. The Morgan fingerprint density at radius 2 is 1.78 bits per heavy atom. The Morgan fingerprint density at radius 3 is 2.56 bits per heavy atom. The average molecular weight is 243 g/mol. The molecular formula is C16H21NO. The van der Waals surface area contributed by atoms with E-state index in [1.165, 1.54) is 16.3 Å². The van der Waals surface area contributed by atoms with Gasteiger partial charge in [-0.15, -0.1) is 0 Å². The third kappa shape index (κ3) is 2.89. The number of rotatable bonds is 5. The number of aliphatic hydroxyl groups is 1. The Labute approximate surface area is 109 Å². The summed E-state index contributed by atoms with van der Waals surface area (Å²) >= 11 is 0. The van der Waals surface area contributed by atoms with Gasteiger partial charge >= 0.3 is 0 Å². The maximum Gasteiger partial charge on any atom is 0.0445 e. The molecule has 0 saturated carbocycles. The molecule has 18 heavy (non-hydrogen) atoms. The van der Waals surface area contributed by atoms with E-state index in [0.29, 0.717) is 6.04 Å². The van der Waals surface area contributed by atoms with Gasteiger partial charge in [0.25, 0.3) is 0 Å². The molecule has 0 radical (unpaired) electrons. The van der Waals surface area contributed by atoms with Crippen molar-refractivity contribution in [2.24, 2.45) is 0 Å². The monoisotopic (exact) mass is 243 g/mol. The Balaban J connectivity index is 2.24. The Kier molecular flexibility index (Phi) is 4.34. The van der Waals surface area contributed by atoms with E-state index < -0.39 is 0 Å². The van der Waals surface area contributed by atoms with Crippen molar-refractivity contribution < 1.29 is 5.11 Å². The molecule has 2 N–H and O–H groups in total. The lowest BCUT2D eigenvalue weighted by molar-refractivity contribution is 0.264. The van der Waals surface area contributed by atoms with E-state index in [0.717, 1.165) is 6.42 Å². The highest BCUT2D eigenvalue weighted by Crippen LogP contribution is 2.24. The van der Waals surface area contributed by atoms with Crippen LogP contribution in [0.2, 0.25) is 0 Å². The van der Waals surface area contributed by atoms with Crippen molar-refractivity contribution in [3.63, 3.8) is 0 Å². The van der Waals surface area contributed by atoms with Gasteiger partial charge in [-0.1, -0.05) is 42.5 Å². The maximum absolute atomic E-state index is 8.95. The van der Waals surface area contributed by atoms with E-state index >= 15 is 0 Å². The molecule has 2 unspecified atom stereocenters. The second-order valence-corrected chi connectivity index (χ2v) is 4.87. The molecule has 0 spiro atoms. The minimum Gasteiger partial charge on any atom is -0.396 e. The number of nitrogens with one attached hydrogen (secondary N) is 1. The average Bonchev–Trinajstić information content (AvgIpc) is 2.38. The van der Waals surface area contributed by atoms with Crippen molar-refractivity contribution in [1.82, 2.24) is 5.32 Å². The first kappa shape index (κ1) is 13.1. The summed E-state index contributed by atoms with van der Waals surface area (Å²) in [7, 11) is 0. The van der Waals surface area contributed by atoms with Gasteiger partial charge in [-0.05, 0) is 36.6 Å². The van der Waals surface area contributed by atoms with Crippen LogP contribution in [-0.4, -0.2) is 17.8 Å². The highest BCUT2D eigenvalue weighted by atomic mass is 16.3. The van der Waals surface area contributed by atoms with Gasteiger partial charge in [0, 0.05) is 18.7 Å². The molecule has 2 heteroatoms. The van der Waals surface area contributed by atoms with Crippen LogP contribution in [-0.2, 0) is 0 Å². The molecule has 0 saturated heterocycles. The summed E-state index contributed by atoms with van der Waals surface area (Å²) in [6.07, 6.45) is 0.787. The third-order valence-electron chi connectivity index (χ3n) is 3.39. The quantitative estimate of drug-likeness (QED) is 0.844. The van der Waals surface area contributed by atoms with Gasteiger partial charge in [0.1, 0.15) is 0 Å². The number of fused-ring (bicyclic) bond motifs is 1. The van der Waals surface area contributed by atoms with E-state index in [4.69, 9.17) is 5.11 Å². The van der Waals surface area contributed by atoms with Crippen molar-refractivity contribution >= 4 is 10.8 Å². The zero-order valence-electron chi connectivity index (χ0n) is 11.1. The van der Waals surface area contributed by atoms with E-state index in [1.807, 2.05) is 0 Å². The van der Waals surface area contributed by atoms with E-state index in [-0.39, 0.29) is 12.6 Å². The van der Waals surface area contributed by atoms with Crippen LogP contribution >= 0.6 is 0 Å². The minimum atomic E-state index is 0.233. The lowest BCUT2D eigenvalue weighted by atomic mass is 9.99. The molecule has 0 heterocycles. The summed E-state index contributed by atoms with van der Waals surface area (Å²) in [5.41, 5.74) is 1.32. The molecule has 2 atom stereocenters. The topological polar surface area (TPSA) is 32.3 Å². The first-order chi connectivity index (χ1) is 8.72. The molecule has 0 bridgehead atoms. The first-order valence-corrected chi connectivity index (χ1v) is 6.57. The van der Waals surface area contributed by atoms with E-state index in [2.05, 4.69) is 61.6 Å². The molecule has 2 rings (SSSR count). The fourth-order valence-corrected chi connectivity index (χ4v) is 2.42. The number of hydrogen-bond acceptors (Lipinski definition) is 2. The Hall–Kier alpha value is -1.38. The van der Waals surface area contributed by atoms with Crippen molar-refractivity contribution in [1.29, 1.82) is 0 Å². The summed E-state index contributed by atoms with van der Waals surface area (Å²) in [5.74, 6) is 0. The fourth-order valence-electron chi connectivity index (χ4n) is 2.42. The molecule has 0 aromatic heterocycles. The zero-order chi connectivity index (χ0) is 13.0. The second kappa shape index (κ2) is 5.98. The molecule has 96 valence electrons. The maximum atomic E-state index is 8.95. The predicted molar refractivity (Wildman–Crippen MR) is 76.7 cm³/mol. The number of aliphatic hydroxyl groups excluding tert-OH is 1. The number of hydrogen-bond donors (Lipinski definition) is 2.